The van der Waals surface area contributed by atoms with E-state index in [1.165, 1.54) is 16.5 Å². The van der Waals surface area contributed by atoms with E-state index in [1.54, 1.807) is 0 Å². The Balaban J connectivity index is 0.000000406. The van der Waals surface area contributed by atoms with Gasteiger partial charge in [0.15, 0.2) is 0 Å². The molecule has 4 rings (SSSR count). The van der Waals surface area contributed by atoms with Crippen LogP contribution in [0.25, 0.3) is 10.9 Å². The van der Waals surface area contributed by atoms with E-state index < -0.39 is 12.1 Å². The van der Waals surface area contributed by atoms with Crippen LogP contribution in [0.4, 0.5) is 13.2 Å². The molecule has 1 amide bonds. The van der Waals surface area contributed by atoms with Crippen LogP contribution >= 0.6 is 0 Å². The van der Waals surface area contributed by atoms with Gasteiger partial charge in [0.2, 0.25) is 5.91 Å². The van der Waals surface area contributed by atoms with E-state index in [0.717, 1.165) is 19.7 Å². The van der Waals surface area contributed by atoms with Gasteiger partial charge in [-0.3, -0.25) is 9.69 Å². The Kier molecular flexibility index (Phi) is 8.92. The number of amides is 1. The number of nitrogens with one attached hydrogen (secondary N) is 1. The SMILES string of the molecule is C[C@@H]1[C@@H](CC(=O)N2CCOCC2)COCCN1Cc1cccc2[nH]ccc12.O=C(O)C(F)(F)F. The highest BCUT2D eigenvalue weighted by atomic mass is 19.4. The van der Waals surface area contributed by atoms with Crippen LogP contribution in [0.1, 0.15) is 18.9 Å². The summed E-state index contributed by atoms with van der Waals surface area (Å²) in [4.78, 5) is 29.3. The number of carboxylic acid groups (broad SMARTS) is 1. The lowest BCUT2D eigenvalue weighted by Gasteiger charge is -2.33. The molecular weight excluding hydrogens is 455 g/mol. The largest absolute Gasteiger partial charge is 0.490 e. The van der Waals surface area contributed by atoms with Gasteiger partial charge in [0.25, 0.3) is 0 Å². The summed E-state index contributed by atoms with van der Waals surface area (Å²) < 4.78 is 43.0. The lowest BCUT2D eigenvalue weighted by atomic mass is 9.95. The van der Waals surface area contributed by atoms with E-state index in [2.05, 4.69) is 41.1 Å². The number of ether oxygens (including phenoxy) is 2. The number of hydrogen-bond donors (Lipinski definition) is 2. The van der Waals surface area contributed by atoms with Crippen LogP contribution < -0.4 is 0 Å². The molecule has 0 aliphatic carbocycles. The predicted octanol–water partition coefficient (Wildman–Crippen LogP) is 2.89. The van der Waals surface area contributed by atoms with Crippen LogP contribution in [-0.4, -0.2) is 90.0 Å². The zero-order valence-electron chi connectivity index (χ0n) is 19.0. The molecule has 2 aliphatic rings. The molecule has 11 heteroatoms. The normalized spacial score (nSPS) is 22.1. The Labute approximate surface area is 195 Å². The zero-order valence-corrected chi connectivity index (χ0v) is 19.0. The van der Waals surface area contributed by atoms with Gasteiger partial charge in [0.05, 0.1) is 26.4 Å². The van der Waals surface area contributed by atoms with Crippen molar-refractivity contribution in [3.05, 3.63) is 36.0 Å². The second-order valence-electron chi connectivity index (χ2n) is 8.40. The minimum atomic E-state index is -5.08. The van der Waals surface area contributed by atoms with Crippen LogP contribution in [0.3, 0.4) is 0 Å². The topological polar surface area (TPSA) is 95.1 Å². The first-order valence-electron chi connectivity index (χ1n) is 11.2. The maximum absolute atomic E-state index is 12.7. The standard InChI is InChI=1S/C21H29N3O3.C2HF3O2/c1-16-18(13-21(25)23-7-10-26-11-8-23)15-27-12-9-24(16)14-17-3-2-4-20-19(17)5-6-22-20;3-2(4,5)1(6)7/h2-6,16,18,22H,7-15H2,1H3;(H,6,7)/t16-,18+;/m1./s1. The quantitative estimate of drug-likeness (QED) is 0.692. The summed E-state index contributed by atoms with van der Waals surface area (Å²) in [5.41, 5.74) is 2.49. The third-order valence-electron chi connectivity index (χ3n) is 6.21. The van der Waals surface area contributed by atoms with Crippen LogP contribution in [0.2, 0.25) is 0 Å². The fourth-order valence-corrected chi connectivity index (χ4v) is 4.18. The van der Waals surface area contributed by atoms with Crippen molar-refractivity contribution in [2.75, 3.05) is 46.1 Å². The average molecular weight is 486 g/mol. The van der Waals surface area contributed by atoms with Crippen molar-refractivity contribution in [1.29, 1.82) is 0 Å². The Morgan fingerprint density at radius 3 is 2.47 bits per heavy atom. The molecule has 0 bridgehead atoms. The van der Waals surface area contributed by atoms with Gasteiger partial charge in [-0.2, -0.15) is 13.2 Å². The number of benzene rings is 1. The second kappa shape index (κ2) is 11.7. The number of alkyl halides is 3. The molecule has 2 atom stereocenters. The Morgan fingerprint density at radius 1 is 1.12 bits per heavy atom. The molecule has 8 nitrogen and oxygen atoms in total. The summed E-state index contributed by atoms with van der Waals surface area (Å²) in [5.74, 6) is -2.31. The van der Waals surface area contributed by atoms with Crippen molar-refractivity contribution in [1.82, 2.24) is 14.8 Å². The monoisotopic (exact) mass is 485 g/mol. The van der Waals surface area contributed by atoms with Crippen LogP contribution in [0.15, 0.2) is 30.5 Å². The Bertz CT molecular complexity index is 959. The van der Waals surface area contributed by atoms with Crippen LogP contribution in [-0.2, 0) is 25.6 Å². The summed E-state index contributed by atoms with van der Waals surface area (Å²) in [6.45, 7) is 8.09. The van der Waals surface area contributed by atoms with Crippen LogP contribution in [0, 0.1) is 5.92 Å². The molecule has 1 aromatic heterocycles. The smallest absolute Gasteiger partial charge is 0.475 e. The summed E-state index contributed by atoms with van der Waals surface area (Å²) in [6, 6.07) is 8.85. The molecule has 3 heterocycles. The van der Waals surface area contributed by atoms with Gasteiger partial charge >= 0.3 is 12.1 Å². The van der Waals surface area contributed by atoms with Gasteiger partial charge in [-0.25, -0.2) is 4.79 Å². The number of morpholine rings is 1. The number of carbonyl (C=O) groups is 2. The first-order valence-corrected chi connectivity index (χ1v) is 11.2. The fourth-order valence-electron chi connectivity index (χ4n) is 4.18. The van der Waals surface area contributed by atoms with Crippen molar-refractivity contribution >= 4 is 22.8 Å². The molecule has 188 valence electrons. The van der Waals surface area contributed by atoms with Crippen molar-refractivity contribution in [2.24, 2.45) is 5.92 Å². The summed E-state index contributed by atoms with van der Waals surface area (Å²) >= 11 is 0. The Hall–Kier alpha value is -2.63. The number of hydrogen-bond acceptors (Lipinski definition) is 5. The highest BCUT2D eigenvalue weighted by molar-refractivity contribution is 5.82. The summed E-state index contributed by atoms with van der Waals surface area (Å²) in [7, 11) is 0. The number of aromatic nitrogens is 1. The first kappa shape index (κ1) is 26.0. The second-order valence-corrected chi connectivity index (χ2v) is 8.40. The summed E-state index contributed by atoms with van der Waals surface area (Å²) in [6.07, 6.45) is -2.54. The van der Waals surface area contributed by atoms with E-state index in [-0.39, 0.29) is 11.8 Å². The van der Waals surface area contributed by atoms with Crippen molar-refractivity contribution in [2.45, 2.75) is 32.1 Å². The molecular formula is C23H30F3N3O5. The molecule has 1 aromatic carbocycles. The minimum Gasteiger partial charge on any atom is -0.475 e. The molecule has 34 heavy (non-hydrogen) atoms. The Morgan fingerprint density at radius 2 is 1.79 bits per heavy atom. The minimum absolute atomic E-state index is 0.216. The number of aliphatic carboxylic acids is 1. The molecule has 0 saturated carbocycles. The van der Waals surface area contributed by atoms with Crippen LogP contribution in [0.5, 0.6) is 0 Å². The number of carbonyl (C=O) groups excluding carboxylic acids is 1. The highest BCUT2D eigenvalue weighted by Gasteiger charge is 2.38. The zero-order chi connectivity index (χ0) is 24.7. The van der Waals surface area contributed by atoms with Gasteiger partial charge in [0, 0.05) is 61.7 Å². The number of H-pyrrole nitrogens is 1. The number of aromatic amines is 1. The number of fused-ring (bicyclic) bond motifs is 1. The van der Waals surface area contributed by atoms with E-state index >= 15 is 0 Å². The van der Waals surface area contributed by atoms with Gasteiger partial charge in [-0.15, -0.1) is 0 Å². The first-order chi connectivity index (χ1) is 16.2. The number of halogens is 3. The average Bonchev–Trinajstić information content (AvgIpc) is 3.23. The van der Waals surface area contributed by atoms with E-state index in [9.17, 15) is 18.0 Å². The number of nitrogens with zero attached hydrogens (tertiary/aromatic N) is 2. The molecule has 2 aromatic rings. The number of carboxylic acids is 1. The molecule has 2 saturated heterocycles. The molecule has 2 N–H and O–H groups in total. The van der Waals surface area contributed by atoms with Gasteiger partial charge in [0.1, 0.15) is 0 Å². The van der Waals surface area contributed by atoms with Crippen molar-refractivity contribution in [3.63, 3.8) is 0 Å². The molecule has 0 radical (unpaired) electrons. The lowest BCUT2D eigenvalue weighted by molar-refractivity contribution is -0.192. The van der Waals surface area contributed by atoms with E-state index in [4.69, 9.17) is 19.4 Å². The van der Waals surface area contributed by atoms with Gasteiger partial charge in [-0.1, -0.05) is 12.1 Å². The highest BCUT2D eigenvalue weighted by Crippen LogP contribution is 2.25. The molecule has 0 unspecified atom stereocenters. The van der Waals surface area contributed by atoms with E-state index in [1.807, 2.05) is 11.1 Å². The summed E-state index contributed by atoms with van der Waals surface area (Å²) in [5, 5.41) is 8.40. The molecule has 0 spiro atoms. The predicted molar refractivity (Wildman–Crippen MR) is 118 cm³/mol. The molecule has 2 fully saturated rings. The van der Waals surface area contributed by atoms with Gasteiger partial charge in [-0.05, 0) is 24.6 Å². The maximum Gasteiger partial charge on any atom is 0.490 e. The third-order valence-corrected chi connectivity index (χ3v) is 6.21. The maximum atomic E-state index is 12.7. The van der Waals surface area contributed by atoms with Gasteiger partial charge < -0.3 is 24.5 Å². The third kappa shape index (κ3) is 6.94. The fraction of sp³-hybridized carbons (Fsp3) is 0.565. The lowest BCUT2D eigenvalue weighted by Crippen LogP contribution is -2.44. The van der Waals surface area contributed by atoms with Crippen molar-refractivity contribution in [3.8, 4) is 0 Å². The molecule has 2 aliphatic heterocycles. The van der Waals surface area contributed by atoms with Crippen molar-refractivity contribution < 1.29 is 37.3 Å². The number of rotatable bonds is 4. The van der Waals surface area contributed by atoms with E-state index in [0.29, 0.717) is 45.4 Å².